The van der Waals surface area contributed by atoms with Crippen molar-refractivity contribution in [2.45, 2.75) is 33.1 Å². The van der Waals surface area contributed by atoms with Crippen molar-refractivity contribution in [2.24, 2.45) is 11.3 Å². The van der Waals surface area contributed by atoms with Crippen molar-refractivity contribution in [3.63, 3.8) is 0 Å². The van der Waals surface area contributed by atoms with Gasteiger partial charge in [-0.3, -0.25) is 4.79 Å². The molecule has 5 nitrogen and oxygen atoms in total. The topological polar surface area (TPSA) is 69.6 Å². The Hall–Kier alpha value is -1.75. The Morgan fingerprint density at radius 1 is 1.33 bits per heavy atom. The van der Waals surface area contributed by atoms with Gasteiger partial charge in [-0.2, -0.15) is 0 Å². The molecule has 1 heterocycles. The van der Waals surface area contributed by atoms with E-state index in [1.165, 1.54) is 0 Å². The van der Waals surface area contributed by atoms with Crippen LogP contribution in [0.5, 0.6) is 0 Å². The van der Waals surface area contributed by atoms with E-state index in [2.05, 4.69) is 19.2 Å². The summed E-state index contributed by atoms with van der Waals surface area (Å²) in [7, 11) is 0. The Morgan fingerprint density at radius 3 is 2.58 bits per heavy atom. The van der Waals surface area contributed by atoms with Crippen molar-refractivity contribution in [3.8, 4) is 0 Å². The molecular formula is C18H25ClN2O3. The van der Waals surface area contributed by atoms with Gasteiger partial charge >= 0.3 is 12.0 Å². The van der Waals surface area contributed by atoms with Gasteiger partial charge in [-0.15, -0.1) is 0 Å². The summed E-state index contributed by atoms with van der Waals surface area (Å²) in [6, 6.07) is 7.64. The summed E-state index contributed by atoms with van der Waals surface area (Å²) in [5, 5.41) is 12.7. The summed E-state index contributed by atoms with van der Waals surface area (Å²) < 4.78 is 0. The standard InChI is InChI=1S/C18H25ClN2O3/c1-18(2,11-13-4-3-5-15(19)10-13)12-20-17(24)21-8-6-14(7-9-21)16(22)23/h3-5,10,14H,6-9,11-12H2,1-2H3,(H,20,24)(H,22,23). The van der Waals surface area contributed by atoms with Crippen LogP contribution in [0.4, 0.5) is 4.79 Å². The number of carbonyl (C=O) groups excluding carboxylic acids is 1. The minimum absolute atomic E-state index is 0.0975. The number of nitrogens with one attached hydrogen (secondary N) is 1. The number of aliphatic carboxylic acids is 1. The van der Waals surface area contributed by atoms with Crippen LogP contribution in [0.3, 0.4) is 0 Å². The van der Waals surface area contributed by atoms with Gasteiger partial charge < -0.3 is 15.3 Å². The maximum absolute atomic E-state index is 12.3. The van der Waals surface area contributed by atoms with Gasteiger partial charge in [0.05, 0.1) is 5.92 Å². The quantitative estimate of drug-likeness (QED) is 0.853. The molecule has 132 valence electrons. The third kappa shape index (κ3) is 5.41. The van der Waals surface area contributed by atoms with E-state index in [1.807, 2.05) is 24.3 Å². The van der Waals surface area contributed by atoms with Gasteiger partial charge in [0, 0.05) is 24.7 Å². The van der Waals surface area contributed by atoms with Gasteiger partial charge in [0.2, 0.25) is 0 Å². The molecule has 1 aliphatic rings. The van der Waals surface area contributed by atoms with Gasteiger partial charge in [-0.1, -0.05) is 37.6 Å². The lowest BCUT2D eigenvalue weighted by Crippen LogP contribution is -2.47. The minimum Gasteiger partial charge on any atom is -0.481 e. The highest BCUT2D eigenvalue weighted by Crippen LogP contribution is 2.23. The molecule has 0 radical (unpaired) electrons. The van der Waals surface area contributed by atoms with E-state index in [0.29, 0.717) is 37.5 Å². The van der Waals surface area contributed by atoms with Gasteiger partial charge in [0.25, 0.3) is 0 Å². The Balaban J connectivity index is 1.81. The number of amides is 2. The zero-order chi connectivity index (χ0) is 17.7. The molecule has 0 aromatic heterocycles. The number of nitrogens with zero attached hydrogens (tertiary/aromatic N) is 1. The number of halogens is 1. The van der Waals surface area contributed by atoms with Crippen molar-refractivity contribution >= 4 is 23.6 Å². The fraction of sp³-hybridized carbons (Fsp3) is 0.556. The number of benzene rings is 1. The van der Waals surface area contributed by atoms with Crippen LogP contribution in [0.15, 0.2) is 24.3 Å². The maximum Gasteiger partial charge on any atom is 0.317 e. The van der Waals surface area contributed by atoms with Crippen molar-refractivity contribution in [1.29, 1.82) is 0 Å². The molecule has 1 aromatic rings. The smallest absolute Gasteiger partial charge is 0.317 e. The molecule has 2 amide bonds. The van der Waals surface area contributed by atoms with E-state index in [1.54, 1.807) is 4.90 Å². The molecule has 0 saturated carbocycles. The molecule has 0 spiro atoms. The second kappa shape index (κ2) is 7.88. The van der Waals surface area contributed by atoms with E-state index in [4.69, 9.17) is 16.7 Å². The molecule has 0 atom stereocenters. The van der Waals surface area contributed by atoms with Crippen molar-refractivity contribution < 1.29 is 14.7 Å². The average Bonchev–Trinajstić information content (AvgIpc) is 2.52. The van der Waals surface area contributed by atoms with Gasteiger partial charge in [0.15, 0.2) is 0 Å². The number of piperidine rings is 1. The van der Waals surface area contributed by atoms with Crippen LogP contribution in [0.1, 0.15) is 32.3 Å². The third-order valence-corrected chi connectivity index (χ3v) is 4.66. The zero-order valence-corrected chi connectivity index (χ0v) is 15.0. The van der Waals surface area contributed by atoms with Crippen LogP contribution in [0.2, 0.25) is 5.02 Å². The first-order valence-electron chi connectivity index (χ1n) is 8.27. The fourth-order valence-corrected chi connectivity index (χ4v) is 3.23. The molecule has 0 aliphatic carbocycles. The number of hydrogen-bond acceptors (Lipinski definition) is 2. The molecule has 1 saturated heterocycles. The number of urea groups is 1. The van der Waals surface area contributed by atoms with Crippen LogP contribution < -0.4 is 5.32 Å². The lowest BCUT2D eigenvalue weighted by molar-refractivity contribution is -0.143. The van der Waals surface area contributed by atoms with Crippen LogP contribution >= 0.6 is 11.6 Å². The van der Waals surface area contributed by atoms with Gasteiger partial charge in [-0.05, 0) is 42.4 Å². The van der Waals surface area contributed by atoms with E-state index >= 15 is 0 Å². The summed E-state index contributed by atoms with van der Waals surface area (Å²) in [6.07, 6.45) is 1.86. The van der Waals surface area contributed by atoms with E-state index in [9.17, 15) is 9.59 Å². The lowest BCUT2D eigenvalue weighted by atomic mass is 9.85. The molecule has 0 bridgehead atoms. The lowest BCUT2D eigenvalue weighted by Gasteiger charge is -2.32. The second-order valence-electron chi connectivity index (χ2n) is 7.23. The van der Waals surface area contributed by atoms with Crippen molar-refractivity contribution in [1.82, 2.24) is 10.2 Å². The summed E-state index contributed by atoms with van der Waals surface area (Å²) in [6.45, 7) is 5.75. The monoisotopic (exact) mass is 352 g/mol. The number of likely N-dealkylation sites (tertiary alicyclic amines) is 1. The normalized spacial score (nSPS) is 16.0. The molecule has 2 N–H and O–H groups in total. The van der Waals surface area contributed by atoms with Gasteiger partial charge in [0.1, 0.15) is 0 Å². The van der Waals surface area contributed by atoms with E-state index in [-0.39, 0.29) is 17.4 Å². The Morgan fingerprint density at radius 2 is 2.00 bits per heavy atom. The third-order valence-electron chi connectivity index (χ3n) is 4.42. The SMILES string of the molecule is CC(C)(CNC(=O)N1CCC(C(=O)O)CC1)Cc1cccc(Cl)c1. The van der Waals surface area contributed by atoms with Crippen LogP contribution in [0.25, 0.3) is 0 Å². The average molecular weight is 353 g/mol. The maximum atomic E-state index is 12.3. The summed E-state index contributed by atoms with van der Waals surface area (Å²) >= 11 is 6.02. The molecule has 2 rings (SSSR count). The summed E-state index contributed by atoms with van der Waals surface area (Å²) in [5.41, 5.74) is 1.05. The minimum atomic E-state index is -0.766. The number of carbonyl (C=O) groups is 2. The first kappa shape index (κ1) is 18.6. The highest BCUT2D eigenvalue weighted by atomic mass is 35.5. The van der Waals surface area contributed by atoms with E-state index in [0.717, 1.165) is 12.0 Å². The summed E-state index contributed by atoms with van der Waals surface area (Å²) in [5.74, 6) is -1.09. The Bertz CT molecular complexity index is 596. The van der Waals surface area contributed by atoms with Crippen molar-refractivity contribution in [2.75, 3.05) is 19.6 Å². The van der Waals surface area contributed by atoms with Crippen LogP contribution in [0, 0.1) is 11.3 Å². The predicted octanol–water partition coefficient (Wildman–Crippen LogP) is 3.41. The number of rotatable bonds is 5. The zero-order valence-electron chi connectivity index (χ0n) is 14.2. The van der Waals surface area contributed by atoms with E-state index < -0.39 is 5.97 Å². The van der Waals surface area contributed by atoms with Crippen LogP contribution in [-0.2, 0) is 11.2 Å². The highest BCUT2D eigenvalue weighted by molar-refractivity contribution is 6.30. The van der Waals surface area contributed by atoms with Crippen molar-refractivity contribution in [3.05, 3.63) is 34.9 Å². The number of hydrogen-bond donors (Lipinski definition) is 2. The molecular weight excluding hydrogens is 328 g/mol. The second-order valence-corrected chi connectivity index (χ2v) is 7.67. The molecule has 1 fully saturated rings. The molecule has 1 aliphatic heterocycles. The molecule has 24 heavy (non-hydrogen) atoms. The predicted molar refractivity (Wildman–Crippen MR) is 94.3 cm³/mol. The number of carboxylic acids is 1. The molecule has 0 unspecified atom stereocenters. The first-order chi connectivity index (χ1) is 11.3. The fourth-order valence-electron chi connectivity index (χ4n) is 3.02. The highest BCUT2D eigenvalue weighted by Gasteiger charge is 2.28. The largest absolute Gasteiger partial charge is 0.481 e. The van der Waals surface area contributed by atoms with Gasteiger partial charge in [-0.25, -0.2) is 4.79 Å². The first-order valence-corrected chi connectivity index (χ1v) is 8.65. The molecule has 6 heteroatoms. The molecule has 1 aromatic carbocycles. The Kier molecular flexibility index (Phi) is 6.10. The summed E-state index contributed by atoms with van der Waals surface area (Å²) in [4.78, 5) is 24.9. The Labute approximate surface area is 148 Å². The number of carboxylic acid groups (broad SMARTS) is 1. The van der Waals surface area contributed by atoms with Crippen LogP contribution in [-0.4, -0.2) is 41.6 Å².